The number of hydrogen-bond donors (Lipinski definition) is 1. The summed E-state index contributed by atoms with van der Waals surface area (Å²) >= 11 is 6.53. The molecule has 0 unspecified atom stereocenters. The number of anilines is 1. The molecule has 0 heterocycles. The standard InChI is InChI=1S/C30H35ClN2O2/c1-3-18-33(24-10-6-4-7-11-24)30(34)27-19-23(15-17-28(27)31)21-32-29-20-26(16-14-22(29)2)35-25-12-8-5-9-13-25/h5,8-9,12-17,19-20,24,32H,3-4,6-7,10-11,18,21H2,1-2H3. The van der Waals surface area contributed by atoms with E-state index in [9.17, 15) is 4.79 Å². The fourth-order valence-corrected chi connectivity index (χ4v) is 4.96. The van der Waals surface area contributed by atoms with Crippen LogP contribution in [0.3, 0.4) is 0 Å². The smallest absolute Gasteiger partial charge is 0.255 e. The normalized spacial score (nSPS) is 13.9. The van der Waals surface area contributed by atoms with Crippen LogP contribution < -0.4 is 10.1 Å². The van der Waals surface area contributed by atoms with Crippen molar-refractivity contribution >= 4 is 23.2 Å². The number of nitrogens with one attached hydrogen (secondary N) is 1. The molecule has 0 atom stereocenters. The highest BCUT2D eigenvalue weighted by Gasteiger charge is 2.27. The van der Waals surface area contributed by atoms with Gasteiger partial charge in [0.25, 0.3) is 5.91 Å². The Labute approximate surface area is 214 Å². The predicted octanol–water partition coefficient (Wildman–Crippen LogP) is 8.24. The maximum absolute atomic E-state index is 13.6. The Morgan fingerprint density at radius 3 is 2.51 bits per heavy atom. The van der Waals surface area contributed by atoms with E-state index >= 15 is 0 Å². The first-order valence-corrected chi connectivity index (χ1v) is 13.1. The maximum Gasteiger partial charge on any atom is 0.255 e. The highest BCUT2D eigenvalue weighted by Crippen LogP contribution is 2.29. The molecule has 184 valence electrons. The third-order valence-corrected chi connectivity index (χ3v) is 7.00. The minimum atomic E-state index is 0.0556. The first kappa shape index (κ1) is 25.1. The number of benzene rings is 3. The monoisotopic (exact) mass is 490 g/mol. The number of nitrogens with zero attached hydrogens (tertiary/aromatic N) is 1. The molecule has 1 saturated carbocycles. The summed E-state index contributed by atoms with van der Waals surface area (Å²) in [4.78, 5) is 15.6. The van der Waals surface area contributed by atoms with Crippen molar-refractivity contribution in [1.29, 1.82) is 0 Å². The van der Waals surface area contributed by atoms with E-state index in [1.54, 1.807) is 0 Å². The SMILES string of the molecule is CCCN(C(=O)c1cc(CNc2cc(Oc3ccccc3)ccc2C)ccc1Cl)C1CCCCC1. The van der Waals surface area contributed by atoms with E-state index in [-0.39, 0.29) is 5.91 Å². The lowest BCUT2D eigenvalue weighted by Gasteiger charge is -2.34. The molecule has 0 spiro atoms. The molecule has 4 rings (SSSR count). The lowest BCUT2D eigenvalue weighted by atomic mass is 9.93. The Kier molecular flexibility index (Phi) is 8.70. The molecule has 4 nitrogen and oxygen atoms in total. The van der Waals surface area contributed by atoms with Crippen LogP contribution in [0, 0.1) is 6.92 Å². The molecule has 0 aliphatic heterocycles. The number of carbonyl (C=O) groups excluding carboxylic acids is 1. The number of hydrogen-bond acceptors (Lipinski definition) is 3. The molecular weight excluding hydrogens is 456 g/mol. The summed E-state index contributed by atoms with van der Waals surface area (Å²) in [6, 6.07) is 21.9. The Morgan fingerprint density at radius 1 is 1.00 bits per heavy atom. The molecule has 0 bridgehead atoms. The first-order valence-electron chi connectivity index (χ1n) is 12.7. The molecular formula is C30H35ClN2O2. The Morgan fingerprint density at radius 2 is 1.77 bits per heavy atom. The van der Waals surface area contributed by atoms with Crippen molar-refractivity contribution in [3.63, 3.8) is 0 Å². The van der Waals surface area contributed by atoms with Gasteiger partial charge in [-0.15, -0.1) is 0 Å². The minimum Gasteiger partial charge on any atom is -0.457 e. The zero-order valence-corrected chi connectivity index (χ0v) is 21.5. The molecule has 0 saturated heterocycles. The average Bonchev–Trinajstić information content (AvgIpc) is 2.89. The molecule has 1 aliphatic carbocycles. The van der Waals surface area contributed by atoms with Crippen molar-refractivity contribution in [3.05, 3.63) is 88.4 Å². The second-order valence-electron chi connectivity index (χ2n) is 9.35. The predicted molar refractivity (Wildman–Crippen MR) is 145 cm³/mol. The number of para-hydroxylation sites is 1. The lowest BCUT2D eigenvalue weighted by molar-refractivity contribution is 0.0634. The Balaban J connectivity index is 1.48. The number of halogens is 1. The van der Waals surface area contributed by atoms with Crippen molar-refractivity contribution in [2.24, 2.45) is 0 Å². The van der Waals surface area contributed by atoms with Gasteiger partial charge >= 0.3 is 0 Å². The zero-order chi connectivity index (χ0) is 24.6. The number of ether oxygens (including phenoxy) is 1. The largest absolute Gasteiger partial charge is 0.457 e. The fourth-order valence-electron chi connectivity index (χ4n) is 4.76. The number of amides is 1. The lowest BCUT2D eigenvalue weighted by Crippen LogP contribution is -2.42. The molecule has 0 aromatic heterocycles. The van der Waals surface area contributed by atoms with Crippen LogP contribution in [-0.2, 0) is 6.54 Å². The molecule has 1 fully saturated rings. The average molecular weight is 491 g/mol. The topological polar surface area (TPSA) is 41.6 Å². The summed E-state index contributed by atoms with van der Waals surface area (Å²) in [7, 11) is 0. The van der Waals surface area contributed by atoms with Crippen LogP contribution >= 0.6 is 11.6 Å². The van der Waals surface area contributed by atoms with Gasteiger partial charge < -0.3 is 15.0 Å². The van der Waals surface area contributed by atoms with E-state index in [4.69, 9.17) is 16.3 Å². The van der Waals surface area contributed by atoms with E-state index in [1.165, 1.54) is 19.3 Å². The minimum absolute atomic E-state index is 0.0556. The summed E-state index contributed by atoms with van der Waals surface area (Å²) < 4.78 is 5.99. The van der Waals surface area contributed by atoms with Gasteiger partial charge in [-0.1, -0.05) is 68.1 Å². The van der Waals surface area contributed by atoms with Gasteiger partial charge in [0.1, 0.15) is 11.5 Å². The highest BCUT2D eigenvalue weighted by atomic mass is 35.5. The second-order valence-corrected chi connectivity index (χ2v) is 9.76. The molecule has 0 radical (unpaired) electrons. The van der Waals surface area contributed by atoms with E-state index in [0.717, 1.165) is 54.1 Å². The van der Waals surface area contributed by atoms with Gasteiger partial charge in [-0.25, -0.2) is 0 Å². The summed E-state index contributed by atoms with van der Waals surface area (Å²) in [5, 5.41) is 4.03. The maximum atomic E-state index is 13.6. The molecule has 5 heteroatoms. The van der Waals surface area contributed by atoms with Crippen LogP contribution in [0.2, 0.25) is 5.02 Å². The quantitative estimate of drug-likeness (QED) is 0.328. The summed E-state index contributed by atoms with van der Waals surface area (Å²) in [5.74, 6) is 1.64. The Hall–Kier alpha value is -2.98. The van der Waals surface area contributed by atoms with Gasteiger partial charge in [-0.3, -0.25) is 4.79 Å². The van der Waals surface area contributed by atoms with Gasteiger partial charge in [0.2, 0.25) is 0 Å². The Bertz CT molecular complexity index is 1130. The number of rotatable bonds is 9. The third-order valence-electron chi connectivity index (χ3n) is 6.67. The van der Waals surface area contributed by atoms with Crippen LogP contribution in [0.15, 0.2) is 66.7 Å². The van der Waals surface area contributed by atoms with E-state index in [1.807, 2.05) is 66.7 Å². The number of aryl methyl sites for hydroxylation is 1. The molecule has 1 amide bonds. The molecule has 1 N–H and O–H groups in total. The van der Waals surface area contributed by atoms with E-state index in [0.29, 0.717) is 23.2 Å². The molecule has 3 aromatic rings. The fraction of sp³-hybridized carbons (Fsp3) is 0.367. The van der Waals surface area contributed by atoms with E-state index < -0.39 is 0 Å². The van der Waals surface area contributed by atoms with Crippen molar-refractivity contribution in [1.82, 2.24) is 4.90 Å². The van der Waals surface area contributed by atoms with Crippen molar-refractivity contribution in [3.8, 4) is 11.5 Å². The van der Waals surface area contributed by atoms with Crippen LogP contribution in [0.5, 0.6) is 11.5 Å². The van der Waals surface area contributed by atoms with Crippen molar-refractivity contribution in [2.75, 3.05) is 11.9 Å². The van der Waals surface area contributed by atoms with Crippen molar-refractivity contribution < 1.29 is 9.53 Å². The summed E-state index contributed by atoms with van der Waals surface area (Å²) in [6.07, 6.45) is 6.78. The highest BCUT2D eigenvalue weighted by molar-refractivity contribution is 6.33. The zero-order valence-electron chi connectivity index (χ0n) is 20.7. The van der Waals surface area contributed by atoms with Crippen LogP contribution in [-0.4, -0.2) is 23.4 Å². The first-order chi connectivity index (χ1) is 17.0. The van der Waals surface area contributed by atoms with Crippen LogP contribution in [0.4, 0.5) is 5.69 Å². The van der Waals surface area contributed by atoms with Gasteiger partial charge in [0.05, 0.1) is 10.6 Å². The molecule has 1 aliphatic rings. The van der Waals surface area contributed by atoms with Gasteiger partial charge in [0, 0.05) is 30.9 Å². The third kappa shape index (κ3) is 6.58. The van der Waals surface area contributed by atoms with Gasteiger partial charge in [-0.2, -0.15) is 0 Å². The van der Waals surface area contributed by atoms with Crippen LogP contribution in [0.1, 0.15) is 66.9 Å². The number of carbonyl (C=O) groups is 1. The molecule has 35 heavy (non-hydrogen) atoms. The van der Waals surface area contributed by atoms with Crippen molar-refractivity contribution in [2.45, 2.75) is 65.0 Å². The second kappa shape index (κ2) is 12.1. The van der Waals surface area contributed by atoms with E-state index in [2.05, 4.69) is 24.1 Å². The van der Waals surface area contributed by atoms with Crippen LogP contribution in [0.25, 0.3) is 0 Å². The molecule has 3 aromatic carbocycles. The summed E-state index contributed by atoms with van der Waals surface area (Å²) in [6.45, 7) is 5.56. The summed E-state index contributed by atoms with van der Waals surface area (Å²) in [5.41, 5.74) is 3.74. The van der Waals surface area contributed by atoms with Gasteiger partial charge in [0.15, 0.2) is 0 Å². The van der Waals surface area contributed by atoms with Gasteiger partial charge in [-0.05, 0) is 67.6 Å².